The van der Waals surface area contributed by atoms with E-state index in [2.05, 4.69) is 10.3 Å². The minimum Gasteiger partial charge on any atom is -0.398 e. The molecule has 4 heteroatoms. The lowest BCUT2D eigenvalue weighted by molar-refractivity contribution is 0.637. The number of H-pyrrole nitrogens is 1. The van der Waals surface area contributed by atoms with E-state index in [-0.39, 0.29) is 0 Å². The molecule has 1 aliphatic heterocycles. The lowest BCUT2D eigenvalue weighted by Crippen LogP contribution is -2.23. The van der Waals surface area contributed by atoms with Crippen molar-refractivity contribution in [2.24, 2.45) is 5.73 Å². The Kier molecular flexibility index (Phi) is 3.01. The topological polar surface area (TPSA) is 79.9 Å². The minimum absolute atomic E-state index is 0.701. The molecule has 0 saturated heterocycles. The Morgan fingerprint density at radius 2 is 2.00 bits per heavy atom. The first-order valence-electron chi connectivity index (χ1n) is 6.48. The number of hydrogen-bond donors (Lipinski definition) is 4. The lowest BCUT2D eigenvalue weighted by Gasteiger charge is -2.13. The molecule has 1 aromatic heterocycles. The van der Waals surface area contributed by atoms with Crippen LogP contribution in [-0.4, -0.2) is 11.5 Å². The number of nitrogens with one attached hydrogen (secondary N) is 2. The first-order valence-corrected chi connectivity index (χ1v) is 6.48. The summed E-state index contributed by atoms with van der Waals surface area (Å²) >= 11 is 0. The van der Waals surface area contributed by atoms with E-state index < -0.39 is 0 Å². The Morgan fingerprint density at radius 3 is 2.79 bits per heavy atom. The van der Waals surface area contributed by atoms with Crippen LogP contribution in [-0.2, 0) is 13.0 Å². The van der Waals surface area contributed by atoms with Gasteiger partial charge in [0.15, 0.2) is 0 Å². The summed E-state index contributed by atoms with van der Waals surface area (Å²) in [5.41, 5.74) is 17.5. The third-order valence-corrected chi connectivity index (χ3v) is 3.53. The molecule has 3 rings (SSSR count). The van der Waals surface area contributed by atoms with Crippen LogP contribution in [0.1, 0.15) is 22.4 Å². The van der Waals surface area contributed by atoms with E-state index in [0.717, 1.165) is 36.3 Å². The summed E-state index contributed by atoms with van der Waals surface area (Å²) < 4.78 is 0. The van der Waals surface area contributed by atoms with Crippen LogP contribution in [0, 0.1) is 0 Å². The van der Waals surface area contributed by atoms with Crippen molar-refractivity contribution in [2.75, 3.05) is 12.3 Å². The fourth-order valence-corrected chi connectivity index (χ4v) is 2.51. The van der Waals surface area contributed by atoms with E-state index in [1.807, 2.05) is 36.4 Å². The number of aromatic nitrogens is 1. The van der Waals surface area contributed by atoms with Crippen molar-refractivity contribution in [3.8, 4) is 0 Å². The maximum atomic E-state index is 6.16. The zero-order valence-corrected chi connectivity index (χ0v) is 10.7. The third kappa shape index (κ3) is 2.22. The van der Waals surface area contributed by atoms with Gasteiger partial charge in [-0.15, -0.1) is 0 Å². The average Bonchev–Trinajstić information content (AvgIpc) is 2.76. The highest BCUT2D eigenvalue weighted by Gasteiger charge is 2.17. The van der Waals surface area contributed by atoms with Gasteiger partial charge in [-0.25, -0.2) is 0 Å². The molecule has 0 spiro atoms. The summed E-state index contributed by atoms with van der Waals surface area (Å²) in [7, 11) is 0. The molecule has 0 atom stereocenters. The van der Waals surface area contributed by atoms with Crippen molar-refractivity contribution < 1.29 is 0 Å². The highest BCUT2D eigenvalue weighted by molar-refractivity contribution is 5.84. The van der Waals surface area contributed by atoms with Crippen molar-refractivity contribution in [3.63, 3.8) is 0 Å². The Labute approximate surface area is 112 Å². The molecule has 2 heterocycles. The van der Waals surface area contributed by atoms with Crippen molar-refractivity contribution >= 4 is 17.6 Å². The first-order chi connectivity index (χ1) is 9.25. The molecule has 0 fully saturated rings. The standard InChI is InChI=1S/C15H18N4/c16-13(10-4-2-1-3-5-10)8-11-12-9-18-7-6-14(12)19-15(11)17/h1-5,8,18-19H,6-7,9,16-17H2/b13-8-. The minimum atomic E-state index is 0.701. The second-order valence-electron chi connectivity index (χ2n) is 4.80. The van der Waals surface area contributed by atoms with Crippen LogP contribution in [0.5, 0.6) is 0 Å². The summed E-state index contributed by atoms with van der Waals surface area (Å²) in [4.78, 5) is 3.26. The van der Waals surface area contributed by atoms with Crippen LogP contribution in [0.4, 0.5) is 5.82 Å². The molecule has 0 saturated carbocycles. The summed E-state index contributed by atoms with van der Waals surface area (Å²) in [6.07, 6.45) is 2.95. The number of benzene rings is 1. The maximum absolute atomic E-state index is 6.16. The third-order valence-electron chi connectivity index (χ3n) is 3.53. The molecule has 6 N–H and O–H groups in total. The molecule has 1 aromatic carbocycles. The van der Waals surface area contributed by atoms with Crippen LogP contribution in [0.3, 0.4) is 0 Å². The van der Waals surface area contributed by atoms with E-state index in [4.69, 9.17) is 11.5 Å². The van der Waals surface area contributed by atoms with Gasteiger partial charge in [0.05, 0.1) is 0 Å². The molecule has 19 heavy (non-hydrogen) atoms. The van der Waals surface area contributed by atoms with Gasteiger partial charge in [0.25, 0.3) is 0 Å². The largest absolute Gasteiger partial charge is 0.398 e. The summed E-state index contributed by atoms with van der Waals surface area (Å²) in [5.74, 6) is 0.701. The summed E-state index contributed by atoms with van der Waals surface area (Å²) in [6, 6.07) is 9.94. The highest BCUT2D eigenvalue weighted by atomic mass is 14.9. The van der Waals surface area contributed by atoms with Crippen LogP contribution in [0.2, 0.25) is 0 Å². The molecule has 0 aliphatic carbocycles. The zero-order chi connectivity index (χ0) is 13.2. The van der Waals surface area contributed by atoms with Gasteiger partial charge in [0, 0.05) is 36.5 Å². The van der Waals surface area contributed by atoms with Gasteiger partial charge in [0.1, 0.15) is 5.82 Å². The Balaban J connectivity index is 2.01. The van der Waals surface area contributed by atoms with Crippen LogP contribution in [0.25, 0.3) is 11.8 Å². The second kappa shape index (κ2) is 4.82. The van der Waals surface area contributed by atoms with Crippen molar-refractivity contribution in [1.82, 2.24) is 10.3 Å². The van der Waals surface area contributed by atoms with Gasteiger partial charge in [-0.3, -0.25) is 0 Å². The Morgan fingerprint density at radius 1 is 1.21 bits per heavy atom. The number of aromatic amines is 1. The number of fused-ring (bicyclic) bond motifs is 1. The zero-order valence-electron chi connectivity index (χ0n) is 10.7. The molecule has 4 nitrogen and oxygen atoms in total. The number of nitrogen functional groups attached to an aromatic ring is 1. The monoisotopic (exact) mass is 254 g/mol. The normalized spacial score (nSPS) is 15.3. The van der Waals surface area contributed by atoms with E-state index in [9.17, 15) is 0 Å². The number of hydrogen-bond acceptors (Lipinski definition) is 3. The summed E-state index contributed by atoms with van der Waals surface area (Å²) in [5, 5.41) is 3.36. The number of rotatable bonds is 2. The van der Waals surface area contributed by atoms with Gasteiger partial charge in [-0.05, 0) is 17.2 Å². The molecule has 1 aliphatic rings. The second-order valence-corrected chi connectivity index (χ2v) is 4.80. The lowest BCUT2D eigenvalue weighted by atomic mass is 10.0. The Hall–Kier alpha value is -2.20. The molecular weight excluding hydrogens is 236 g/mol. The molecule has 2 aromatic rings. The van der Waals surface area contributed by atoms with E-state index >= 15 is 0 Å². The highest BCUT2D eigenvalue weighted by Crippen LogP contribution is 2.27. The number of nitrogens with two attached hydrogens (primary N) is 2. The van der Waals surface area contributed by atoms with Gasteiger partial charge in [0.2, 0.25) is 0 Å². The van der Waals surface area contributed by atoms with E-state index in [1.54, 1.807) is 0 Å². The average molecular weight is 254 g/mol. The fraction of sp³-hybridized carbons (Fsp3) is 0.200. The van der Waals surface area contributed by atoms with E-state index in [0.29, 0.717) is 5.82 Å². The molecular formula is C15H18N4. The van der Waals surface area contributed by atoms with Gasteiger partial charge < -0.3 is 21.8 Å². The number of anilines is 1. The molecule has 0 radical (unpaired) electrons. The van der Waals surface area contributed by atoms with Gasteiger partial charge >= 0.3 is 0 Å². The Bertz CT molecular complexity index is 611. The predicted molar refractivity (Wildman–Crippen MR) is 79.1 cm³/mol. The van der Waals surface area contributed by atoms with Crippen molar-refractivity contribution in [1.29, 1.82) is 0 Å². The van der Waals surface area contributed by atoms with E-state index in [1.165, 1.54) is 11.3 Å². The molecule has 98 valence electrons. The molecule has 0 unspecified atom stereocenters. The van der Waals surface area contributed by atoms with Crippen LogP contribution in [0.15, 0.2) is 30.3 Å². The maximum Gasteiger partial charge on any atom is 0.108 e. The molecule has 0 bridgehead atoms. The van der Waals surface area contributed by atoms with Crippen molar-refractivity contribution in [3.05, 3.63) is 52.7 Å². The predicted octanol–water partition coefficient (Wildman–Crippen LogP) is 1.70. The van der Waals surface area contributed by atoms with Crippen LogP contribution >= 0.6 is 0 Å². The SMILES string of the molecule is N/C(=C\c1c(N)[nH]c2c1CNCC2)c1ccccc1. The summed E-state index contributed by atoms with van der Waals surface area (Å²) in [6.45, 7) is 1.83. The molecule has 0 amide bonds. The quantitative estimate of drug-likeness (QED) is 0.658. The smallest absolute Gasteiger partial charge is 0.108 e. The van der Waals surface area contributed by atoms with Gasteiger partial charge in [-0.2, -0.15) is 0 Å². The van der Waals surface area contributed by atoms with Gasteiger partial charge in [-0.1, -0.05) is 30.3 Å². The fourth-order valence-electron chi connectivity index (χ4n) is 2.51. The first kappa shape index (κ1) is 11.9. The van der Waals surface area contributed by atoms with Crippen molar-refractivity contribution in [2.45, 2.75) is 13.0 Å². The van der Waals surface area contributed by atoms with Crippen LogP contribution < -0.4 is 16.8 Å².